The van der Waals surface area contributed by atoms with Crippen LogP contribution in [0.15, 0.2) is 17.2 Å². The molecular formula is C12H16N4O3S. The first-order chi connectivity index (χ1) is 9.09. The molecular weight excluding hydrogens is 280 g/mol. The minimum atomic E-state index is -3.51. The molecule has 0 saturated carbocycles. The van der Waals surface area contributed by atoms with E-state index in [4.69, 9.17) is 0 Å². The molecule has 0 radical (unpaired) electrons. The lowest BCUT2D eigenvalue weighted by atomic mass is 9.96. The highest BCUT2D eigenvalue weighted by molar-refractivity contribution is 7.90. The van der Waals surface area contributed by atoms with Crippen LogP contribution in [0.2, 0.25) is 0 Å². The molecule has 0 spiro atoms. The minimum Gasteiger partial charge on any atom is -0.309 e. The Labute approximate surface area is 116 Å². The van der Waals surface area contributed by atoms with Gasteiger partial charge in [-0.2, -0.15) is 5.10 Å². The molecule has 0 unspecified atom stereocenters. The SMILES string of the molecule is CC(C)(C)C(=O)Nc1nc2[nH]ncc2cc1S(C)(=O)=O. The van der Waals surface area contributed by atoms with Gasteiger partial charge in [-0.15, -0.1) is 0 Å². The maximum absolute atomic E-state index is 12.0. The molecule has 7 nitrogen and oxygen atoms in total. The summed E-state index contributed by atoms with van der Waals surface area (Å²) < 4.78 is 23.7. The van der Waals surface area contributed by atoms with Gasteiger partial charge in [0.2, 0.25) is 5.91 Å². The van der Waals surface area contributed by atoms with E-state index in [1.165, 1.54) is 12.3 Å². The van der Waals surface area contributed by atoms with Crippen LogP contribution in [-0.4, -0.2) is 35.8 Å². The standard InChI is InChI=1S/C12H16N4O3S/c1-12(2,3)11(17)15-10-8(20(4,18)19)5-7-6-13-16-9(7)14-10/h5-6H,1-4H3,(H2,13,14,15,16,17). The van der Waals surface area contributed by atoms with Gasteiger partial charge in [-0.1, -0.05) is 20.8 Å². The van der Waals surface area contributed by atoms with Crippen LogP contribution in [0.4, 0.5) is 5.82 Å². The van der Waals surface area contributed by atoms with E-state index in [2.05, 4.69) is 20.5 Å². The topological polar surface area (TPSA) is 105 Å². The van der Waals surface area contributed by atoms with Gasteiger partial charge in [0.15, 0.2) is 21.3 Å². The van der Waals surface area contributed by atoms with Crippen molar-refractivity contribution in [2.75, 3.05) is 11.6 Å². The summed E-state index contributed by atoms with van der Waals surface area (Å²) in [6.07, 6.45) is 2.55. The first-order valence-corrected chi connectivity index (χ1v) is 7.84. The summed E-state index contributed by atoms with van der Waals surface area (Å²) in [5.41, 5.74) is -0.235. The molecule has 0 bridgehead atoms. The Bertz CT molecular complexity index is 772. The first-order valence-electron chi connectivity index (χ1n) is 5.94. The predicted molar refractivity (Wildman–Crippen MR) is 75.1 cm³/mol. The van der Waals surface area contributed by atoms with Crippen molar-refractivity contribution in [3.63, 3.8) is 0 Å². The second kappa shape index (κ2) is 4.55. The number of aromatic nitrogens is 3. The largest absolute Gasteiger partial charge is 0.309 e. The summed E-state index contributed by atoms with van der Waals surface area (Å²) in [5, 5.41) is 9.57. The van der Waals surface area contributed by atoms with Gasteiger partial charge < -0.3 is 5.32 Å². The Morgan fingerprint density at radius 1 is 1.35 bits per heavy atom. The van der Waals surface area contributed by atoms with Crippen LogP contribution in [0, 0.1) is 5.41 Å². The van der Waals surface area contributed by atoms with Gasteiger partial charge in [0, 0.05) is 17.1 Å². The van der Waals surface area contributed by atoms with Crippen LogP contribution in [0.5, 0.6) is 0 Å². The molecule has 20 heavy (non-hydrogen) atoms. The van der Waals surface area contributed by atoms with E-state index in [9.17, 15) is 13.2 Å². The highest BCUT2D eigenvalue weighted by Crippen LogP contribution is 2.25. The molecule has 2 aromatic rings. The van der Waals surface area contributed by atoms with E-state index in [0.29, 0.717) is 11.0 Å². The monoisotopic (exact) mass is 296 g/mol. The van der Waals surface area contributed by atoms with Crippen LogP contribution in [0.1, 0.15) is 20.8 Å². The van der Waals surface area contributed by atoms with Crippen LogP contribution < -0.4 is 5.32 Å². The number of anilines is 1. The van der Waals surface area contributed by atoms with Crippen molar-refractivity contribution in [1.29, 1.82) is 0 Å². The van der Waals surface area contributed by atoms with Crippen molar-refractivity contribution in [1.82, 2.24) is 15.2 Å². The number of fused-ring (bicyclic) bond motifs is 1. The molecule has 0 fully saturated rings. The van der Waals surface area contributed by atoms with E-state index in [1.54, 1.807) is 20.8 Å². The van der Waals surface area contributed by atoms with E-state index < -0.39 is 15.3 Å². The second-order valence-corrected chi connectivity index (χ2v) is 7.60. The molecule has 8 heteroatoms. The van der Waals surface area contributed by atoms with Crippen LogP contribution in [-0.2, 0) is 14.6 Å². The van der Waals surface area contributed by atoms with Gasteiger partial charge in [0.05, 0.1) is 6.20 Å². The zero-order chi connectivity index (χ0) is 15.1. The summed E-state index contributed by atoms with van der Waals surface area (Å²) in [7, 11) is -3.51. The number of pyridine rings is 1. The van der Waals surface area contributed by atoms with Gasteiger partial charge >= 0.3 is 0 Å². The first kappa shape index (κ1) is 14.4. The molecule has 108 valence electrons. The molecule has 0 aliphatic carbocycles. The molecule has 2 rings (SSSR count). The Morgan fingerprint density at radius 2 is 2.00 bits per heavy atom. The molecule has 0 atom stereocenters. The number of H-pyrrole nitrogens is 1. The second-order valence-electron chi connectivity index (χ2n) is 5.62. The highest BCUT2D eigenvalue weighted by Gasteiger charge is 2.25. The van der Waals surface area contributed by atoms with Crippen molar-refractivity contribution < 1.29 is 13.2 Å². The summed E-state index contributed by atoms with van der Waals surface area (Å²) >= 11 is 0. The molecule has 0 aromatic carbocycles. The number of carbonyl (C=O) groups is 1. The van der Waals surface area contributed by atoms with Crippen molar-refractivity contribution in [3.8, 4) is 0 Å². The third kappa shape index (κ3) is 2.79. The Hall–Kier alpha value is -1.96. The third-order valence-electron chi connectivity index (χ3n) is 2.70. The van der Waals surface area contributed by atoms with Gasteiger partial charge in [0.25, 0.3) is 0 Å². The Morgan fingerprint density at radius 3 is 2.55 bits per heavy atom. The Kier molecular flexibility index (Phi) is 3.29. The minimum absolute atomic E-state index is 0.0178. The van der Waals surface area contributed by atoms with E-state index in [-0.39, 0.29) is 16.6 Å². The fourth-order valence-electron chi connectivity index (χ4n) is 1.53. The number of hydrogen-bond donors (Lipinski definition) is 2. The smallest absolute Gasteiger partial charge is 0.230 e. The Balaban J connectivity index is 2.58. The number of carbonyl (C=O) groups excluding carboxylic acids is 1. The lowest BCUT2D eigenvalue weighted by molar-refractivity contribution is -0.123. The van der Waals surface area contributed by atoms with E-state index in [1.807, 2.05) is 0 Å². The van der Waals surface area contributed by atoms with Gasteiger partial charge in [0.1, 0.15) is 4.90 Å². The lowest BCUT2D eigenvalue weighted by Gasteiger charge is -2.18. The quantitative estimate of drug-likeness (QED) is 0.870. The van der Waals surface area contributed by atoms with Crippen molar-refractivity contribution in [2.24, 2.45) is 5.41 Å². The molecule has 1 amide bonds. The molecule has 0 saturated heterocycles. The number of sulfone groups is 1. The maximum atomic E-state index is 12.0. The lowest BCUT2D eigenvalue weighted by Crippen LogP contribution is -2.28. The van der Waals surface area contributed by atoms with Crippen LogP contribution in [0.25, 0.3) is 11.0 Å². The number of nitrogens with one attached hydrogen (secondary N) is 2. The summed E-state index contributed by atoms with van der Waals surface area (Å²) in [4.78, 5) is 16.1. The maximum Gasteiger partial charge on any atom is 0.230 e. The average molecular weight is 296 g/mol. The van der Waals surface area contributed by atoms with Crippen molar-refractivity contribution >= 4 is 32.6 Å². The van der Waals surface area contributed by atoms with E-state index >= 15 is 0 Å². The molecule has 0 aliphatic rings. The molecule has 0 aliphatic heterocycles. The average Bonchev–Trinajstić information content (AvgIpc) is 2.72. The van der Waals surface area contributed by atoms with Crippen LogP contribution >= 0.6 is 0 Å². The van der Waals surface area contributed by atoms with Crippen LogP contribution in [0.3, 0.4) is 0 Å². The predicted octanol–water partition coefficient (Wildman–Crippen LogP) is 1.35. The third-order valence-corrected chi connectivity index (χ3v) is 3.81. The normalized spacial score (nSPS) is 12.6. The number of hydrogen-bond acceptors (Lipinski definition) is 5. The van der Waals surface area contributed by atoms with Gasteiger partial charge in [-0.05, 0) is 6.07 Å². The fourth-order valence-corrected chi connectivity index (χ4v) is 2.32. The van der Waals surface area contributed by atoms with Gasteiger partial charge in [-0.25, -0.2) is 13.4 Å². The molecule has 2 heterocycles. The van der Waals surface area contributed by atoms with E-state index in [0.717, 1.165) is 6.26 Å². The van der Waals surface area contributed by atoms with Crippen molar-refractivity contribution in [3.05, 3.63) is 12.3 Å². The number of amides is 1. The summed E-state index contributed by atoms with van der Waals surface area (Å²) in [6, 6.07) is 1.44. The number of nitrogens with zero attached hydrogens (tertiary/aromatic N) is 2. The zero-order valence-corrected chi connectivity index (χ0v) is 12.5. The molecule has 2 aromatic heterocycles. The van der Waals surface area contributed by atoms with Crippen molar-refractivity contribution in [2.45, 2.75) is 25.7 Å². The highest BCUT2D eigenvalue weighted by atomic mass is 32.2. The number of rotatable bonds is 2. The summed E-state index contributed by atoms with van der Waals surface area (Å²) in [5.74, 6) is -0.294. The molecule has 2 N–H and O–H groups in total. The van der Waals surface area contributed by atoms with Gasteiger partial charge in [-0.3, -0.25) is 9.89 Å². The zero-order valence-electron chi connectivity index (χ0n) is 11.7. The fraction of sp³-hybridized carbons (Fsp3) is 0.417. The summed E-state index contributed by atoms with van der Waals surface area (Å²) in [6.45, 7) is 5.20. The number of aromatic amines is 1.